The van der Waals surface area contributed by atoms with Gasteiger partial charge in [-0.2, -0.15) is 0 Å². The predicted octanol–water partition coefficient (Wildman–Crippen LogP) is 2.10. The van der Waals surface area contributed by atoms with Gasteiger partial charge in [-0.25, -0.2) is 4.84 Å². The van der Waals surface area contributed by atoms with Crippen LogP contribution in [0.4, 0.5) is 0 Å². The molecule has 0 rings (SSSR count). The predicted molar refractivity (Wildman–Crippen MR) is 53.5 cm³/mol. The fourth-order valence-electron chi connectivity index (χ4n) is 0.627. The van der Waals surface area contributed by atoms with Crippen LogP contribution in [0.15, 0.2) is 0 Å². The quantitative estimate of drug-likeness (QED) is 0.567. The first kappa shape index (κ1) is 12.7. The summed E-state index contributed by atoms with van der Waals surface area (Å²) in [6.07, 6.45) is 0.855. The van der Waals surface area contributed by atoms with Gasteiger partial charge in [0.2, 0.25) is 0 Å². The maximum Gasteiger partial charge on any atom is 0.324 e. The van der Waals surface area contributed by atoms with Gasteiger partial charge in [0, 0.05) is 0 Å². The van der Waals surface area contributed by atoms with E-state index in [4.69, 9.17) is 16.5 Å². The van der Waals surface area contributed by atoms with Crippen molar-refractivity contribution in [1.29, 1.82) is 0 Å². The van der Waals surface area contributed by atoms with Crippen molar-refractivity contribution >= 4 is 17.7 Å². The zero-order valence-electron chi connectivity index (χ0n) is 8.69. The number of ether oxygens (including phenoxy) is 1. The van der Waals surface area contributed by atoms with Gasteiger partial charge in [-0.15, -0.1) is 0 Å². The summed E-state index contributed by atoms with van der Waals surface area (Å²) in [4.78, 5) is 13.4. The molecule has 0 aromatic rings. The molecule has 0 saturated carbocycles. The van der Waals surface area contributed by atoms with Crippen LogP contribution in [0.5, 0.6) is 0 Å². The molecular formula is C9H18ClNO2. The monoisotopic (exact) mass is 207 g/mol. The van der Waals surface area contributed by atoms with E-state index in [1.807, 2.05) is 0 Å². The third-order valence-electron chi connectivity index (χ3n) is 1.61. The van der Waals surface area contributed by atoms with Gasteiger partial charge in [0.25, 0.3) is 0 Å². The van der Waals surface area contributed by atoms with E-state index in [-0.39, 0.29) is 11.4 Å². The first-order valence-corrected chi connectivity index (χ1v) is 4.77. The Labute approximate surface area is 84.9 Å². The lowest BCUT2D eigenvalue weighted by molar-refractivity contribution is -0.145. The molecule has 0 aromatic carbocycles. The number of hydrogen-bond donors (Lipinski definition) is 1. The molecule has 0 bridgehead atoms. The number of hydrogen-bond acceptors (Lipinski definition) is 3. The number of esters is 1. The standard InChI is InChI=1S/C9H18ClNO2/c1-7(11-10)8(12)13-6-5-9(2,3)4/h7,11H,5-6H2,1-4H3/t7-/m0/s1. The average molecular weight is 208 g/mol. The van der Waals surface area contributed by atoms with Gasteiger partial charge in [-0.05, 0) is 30.5 Å². The van der Waals surface area contributed by atoms with Gasteiger partial charge in [-0.1, -0.05) is 20.8 Å². The van der Waals surface area contributed by atoms with Crippen molar-refractivity contribution in [2.75, 3.05) is 6.61 Å². The number of nitrogens with one attached hydrogen (secondary N) is 1. The summed E-state index contributed by atoms with van der Waals surface area (Å²) < 4.78 is 4.98. The molecule has 0 aliphatic rings. The normalized spacial score (nSPS) is 13.9. The van der Waals surface area contributed by atoms with Crippen molar-refractivity contribution < 1.29 is 9.53 Å². The molecule has 0 amide bonds. The first-order valence-electron chi connectivity index (χ1n) is 4.39. The summed E-state index contributed by atoms with van der Waals surface area (Å²) >= 11 is 5.26. The molecule has 0 heterocycles. The van der Waals surface area contributed by atoms with E-state index in [1.54, 1.807) is 6.92 Å². The van der Waals surface area contributed by atoms with E-state index in [2.05, 4.69) is 25.6 Å². The summed E-state index contributed by atoms with van der Waals surface area (Å²) in [5.41, 5.74) is 0.192. The van der Waals surface area contributed by atoms with Crippen LogP contribution in [0.25, 0.3) is 0 Å². The van der Waals surface area contributed by atoms with Gasteiger partial charge in [0.1, 0.15) is 6.04 Å². The van der Waals surface area contributed by atoms with E-state index in [0.717, 1.165) is 6.42 Å². The van der Waals surface area contributed by atoms with Crippen LogP contribution in [0.2, 0.25) is 0 Å². The minimum Gasteiger partial charge on any atom is -0.464 e. The molecule has 0 saturated heterocycles. The Morgan fingerprint density at radius 1 is 1.54 bits per heavy atom. The van der Waals surface area contributed by atoms with Crippen molar-refractivity contribution in [2.45, 2.75) is 40.2 Å². The van der Waals surface area contributed by atoms with Crippen molar-refractivity contribution in [1.82, 2.24) is 4.84 Å². The van der Waals surface area contributed by atoms with Crippen LogP contribution < -0.4 is 4.84 Å². The summed E-state index contributed by atoms with van der Waals surface area (Å²) in [6.45, 7) is 8.41. The average Bonchev–Trinajstić information content (AvgIpc) is 2.00. The van der Waals surface area contributed by atoms with Gasteiger partial charge < -0.3 is 4.74 Å². The van der Waals surface area contributed by atoms with E-state index in [1.165, 1.54) is 0 Å². The van der Waals surface area contributed by atoms with E-state index in [9.17, 15) is 4.79 Å². The zero-order valence-corrected chi connectivity index (χ0v) is 9.44. The Bertz CT molecular complexity index is 165. The molecule has 1 N–H and O–H groups in total. The maximum atomic E-state index is 11.1. The van der Waals surface area contributed by atoms with E-state index < -0.39 is 6.04 Å². The third kappa shape index (κ3) is 6.84. The third-order valence-corrected chi connectivity index (χ3v) is 1.94. The number of halogens is 1. The van der Waals surface area contributed by atoms with Gasteiger partial charge in [-0.3, -0.25) is 4.79 Å². The number of carbonyl (C=O) groups is 1. The Kier molecular flexibility index (Phi) is 5.33. The molecule has 0 aliphatic heterocycles. The van der Waals surface area contributed by atoms with Crippen LogP contribution in [0, 0.1) is 5.41 Å². The van der Waals surface area contributed by atoms with Gasteiger partial charge >= 0.3 is 5.97 Å². The number of rotatable bonds is 4. The zero-order chi connectivity index (χ0) is 10.5. The van der Waals surface area contributed by atoms with Crippen LogP contribution in [0.3, 0.4) is 0 Å². The Hall–Kier alpha value is -0.280. The smallest absolute Gasteiger partial charge is 0.324 e. The van der Waals surface area contributed by atoms with Crippen molar-refractivity contribution in [3.05, 3.63) is 0 Å². The topological polar surface area (TPSA) is 38.3 Å². The van der Waals surface area contributed by atoms with Crippen LogP contribution in [0.1, 0.15) is 34.1 Å². The highest BCUT2D eigenvalue weighted by Crippen LogP contribution is 2.17. The molecule has 1 atom stereocenters. The summed E-state index contributed by atoms with van der Waals surface area (Å²) in [6, 6.07) is -0.443. The van der Waals surface area contributed by atoms with Crippen molar-refractivity contribution in [2.24, 2.45) is 5.41 Å². The second-order valence-electron chi connectivity index (χ2n) is 4.31. The fraction of sp³-hybridized carbons (Fsp3) is 0.889. The largest absolute Gasteiger partial charge is 0.464 e. The Morgan fingerprint density at radius 2 is 2.08 bits per heavy atom. The number of carbonyl (C=O) groups excluding carboxylic acids is 1. The van der Waals surface area contributed by atoms with Crippen molar-refractivity contribution in [3.63, 3.8) is 0 Å². The summed E-state index contributed by atoms with van der Waals surface area (Å²) in [5, 5.41) is 0. The van der Waals surface area contributed by atoms with Gasteiger partial charge in [0.05, 0.1) is 6.61 Å². The molecule has 0 spiro atoms. The lowest BCUT2D eigenvalue weighted by Crippen LogP contribution is -2.30. The molecule has 0 aromatic heterocycles. The second-order valence-corrected chi connectivity index (χ2v) is 4.53. The molecule has 3 nitrogen and oxygen atoms in total. The molecule has 4 heteroatoms. The highest BCUT2D eigenvalue weighted by Gasteiger charge is 2.15. The second kappa shape index (κ2) is 5.45. The molecule has 0 radical (unpaired) electrons. The fourth-order valence-corrected chi connectivity index (χ4v) is 0.716. The first-order chi connectivity index (χ1) is 5.87. The lowest BCUT2D eigenvalue weighted by Gasteiger charge is -2.18. The minimum absolute atomic E-state index is 0.192. The molecule has 0 unspecified atom stereocenters. The van der Waals surface area contributed by atoms with Crippen LogP contribution in [-0.4, -0.2) is 18.6 Å². The molecular weight excluding hydrogens is 190 g/mol. The van der Waals surface area contributed by atoms with Crippen LogP contribution in [-0.2, 0) is 9.53 Å². The molecule has 0 fully saturated rings. The highest BCUT2D eigenvalue weighted by molar-refractivity contribution is 6.14. The van der Waals surface area contributed by atoms with Gasteiger partial charge in [0.15, 0.2) is 0 Å². The SMILES string of the molecule is C[C@H](NCl)C(=O)OCCC(C)(C)C. The maximum absolute atomic E-state index is 11.1. The minimum atomic E-state index is -0.443. The molecule has 78 valence electrons. The Balaban J connectivity index is 3.60. The molecule has 13 heavy (non-hydrogen) atoms. The Morgan fingerprint density at radius 3 is 2.46 bits per heavy atom. The highest BCUT2D eigenvalue weighted by atomic mass is 35.5. The lowest BCUT2D eigenvalue weighted by atomic mass is 9.93. The summed E-state index contributed by atoms with van der Waals surface area (Å²) in [5.74, 6) is -0.306. The van der Waals surface area contributed by atoms with E-state index in [0.29, 0.717) is 6.61 Å². The van der Waals surface area contributed by atoms with Crippen molar-refractivity contribution in [3.8, 4) is 0 Å². The molecule has 0 aliphatic carbocycles. The van der Waals surface area contributed by atoms with Crippen LogP contribution >= 0.6 is 11.8 Å². The summed E-state index contributed by atoms with van der Waals surface area (Å²) in [7, 11) is 0. The van der Waals surface area contributed by atoms with E-state index >= 15 is 0 Å².